The third-order valence-electron chi connectivity index (χ3n) is 3.26. The van der Waals surface area contributed by atoms with Crippen molar-refractivity contribution >= 4 is 21.8 Å². The van der Waals surface area contributed by atoms with Gasteiger partial charge in [0.15, 0.2) is 0 Å². The van der Waals surface area contributed by atoms with E-state index in [9.17, 15) is 4.79 Å². The molecule has 0 unspecified atom stereocenters. The van der Waals surface area contributed by atoms with Gasteiger partial charge in [-0.15, -0.1) is 0 Å². The van der Waals surface area contributed by atoms with Crippen molar-refractivity contribution in [3.05, 3.63) is 33.8 Å². The summed E-state index contributed by atoms with van der Waals surface area (Å²) in [5, 5.41) is 3.41. The highest BCUT2D eigenvalue weighted by atomic mass is 79.9. The first kappa shape index (κ1) is 13.6. The molecule has 1 heterocycles. The van der Waals surface area contributed by atoms with Gasteiger partial charge in [0.05, 0.1) is 0 Å². The van der Waals surface area contributed by atoms with Crippen molar-refractivity contribution in [2.75, 3.05) is 19.6 Å². The van der Waals surface area contributed by atoms with Gasteiger partial charge in [-0.1, -0.05) is 15.9 Å². The highest BCUT2D eigenvalue weighted by molar-refractivity contribution is 9.10. The van der Waals surface area contributed by atoms with Gasteiger partial charge >= 0.3 is 0 Å². The summed E-state index contributed by atoms with van der Waals surface area (Å²) < 4.78 is 1.04. The maximum Gasteiger partial charge on any atom is 0.253 e. The number of amides is 1. The largest absolute Gasteiger partial charge is 0.336 e. The Morgan fingerprint density at radius 3 is 2.78 bits per heavy atom. The van der Waals surface area contributed by atoms with E-state index in [4.69, 9.17) is 0 Å². The highest BCUT2D eigenvalue weighted by Crippen LogP contribution is 2.19. The lowest BCUT2D eigenvalue weighted by Crippen LogP contribution is -2.58. The Labute approximate surface area is 117 Å². The van der Waals surface area contributed by atoms with Gasteiger partial charge < -0.3 is 10.2 Å². The van der Waals surface area contributed by atoms with Gasteiger partial charge in [-0.05, 0) is 44.5 Å². The molecule has 0 spiro atoms. The number of nitrogens with zero attached hydrogens (tertiary/aromatic N) is 1. The molecule has 0 atom stereocenters. The minimum Gasteiger partial charge on any atom is -0.336 e. The minimum absolute atomic E-state index is 0.00167. The molecule has 0 saturated carbocycles. The highest BCUT2D eigenvalue weighted by Gasteiger charge is 2.29. The van der Waals surface area contributed by atoms with Gasteiger partial charge in [-0.25, -0.2) is 0 Å². The van der Waals surface area contributed by atoms with E-state index in [1.807, 2.05) is 30.0 Å². The number of rotatable bonds is 1. The Morgan fingerprint density at radius 1 is 1.44 bits per heavy atom. The molecule has 0 aromatic heterocycles. The standard InChI is InChI=1S/C14H19BrN2O/c1-10-8-11(4-5-12(10)15)13(18)17-7-6-16-14(2,3)9-17/h4-5,8,16H,6-7,9H2,1-3H3. The lowest BCUT2D eigenvalue weighted by Gasteiger charge is -2.39. The maximum atomic E-state index is 12.4. The van der Waals surface area contributed by atoms with Crippen molar-refractivity contribution in [2.24, 2.45) is 0 Å². The number of benzene rings is 1. The third-order valence-corrected chi connectivity index (χ3v) is 4.15. The van der Waals surface area contributed by atoms with Gasteiger partial charge in [-0.2, -0.15) is 0 Å². The van der Waals surface area contributed by atoms with E-state index in [0.29, 0.717) is 0 Å². The number of halogens is 1. The van der Waals surface area contributed by atoms with Crippen LogP contribution in [-0.2, 0) is 0 Å². The smallest absolute Gasteiger partial charge is 0.253 e. The predicted molar refractivity (Wildman–Crippen MR) is 76.9 cm³/mol. The molecule has 1 aromatic rings. The number of aryl methyl sites for hydroxylation is 1. The molecule has 1 fully saturated rings. The molecule has 0 aliphatic carbocycles. The Balaban J connectivity index is 2.18. The second kappa shape index (κ2) is 5.02. The summed E-state index contributed by atoms with van der Waals surface area (Å²) in [5.74, 6) is 0.125. The van der Waals surface area contributed by atoms with E-state index in [0.717, 1.165) is 35.2 Å². The van der Waals surface area contributed by atoms with Crippen LogP contribution in [0.15, 0.2) is 22.7 Å². The first-order chi connectivity index (χ1) is 8.39. The molecule has 0 bridgehead atoms. The first-order valence-corrected chi connectivity index (χ1v) is 6.99. The lowest BCUT2D eigenvalue weighted by atomic mass is 10.0. The van der Waals surface area contributed by atoms with Gasteiger partial charge in [-0.3, -0.25) is 4.79 Å². The SMILES string of the molecule is Cc1cc(C(=O)N2CCNC(C)(C)C2)ccc1Br. The Hall–Kier alpha value is -0.870. The van der Waals surface area contributed by atoms with Crippen LogP contribution in [0.3, 0.4) is 0 Å². The zero-order chi connectivity index (χ0) is 13.3. The van der Waals surface area contributed by atoms with Crippen LogP contribution in [0.2, 0.25) is 0 Å². The first-order valence-electron chi connectivity index (χ1n) is 6.19. The van der Waals surface area contributed by atoms with E-state index in [2.05, 4.69) is 35.1 Å². The van der Waals surface area contributed by atoms with E-state index in [-0.39, 0.29) is 11.4 Å². The van der Waals surface area contributed by atoms with Crippen molar-refractivity contribution in [3.63, 3.8) is 0 Å². The fourth-order valence-electron chi connectivity index (χ4n) is 2.28. The van der Waals surface area contributed by atoms with Crippen LogP contribution in [-0.4, -0.2) is 36.0 Å². The summed E-state index contributed by atoms with van der Waals surface area (Å²) in [5.41, 5.74) is 1.86. The molecule has 1 aliphatic heterocycles. The molecule has 1 N–H and O–H groups in total. The molecule has 3 nitrogen and oxygen atoms in total. The molecule has 0 radical (unpaired) electrons. The fourth-order valence-corrected chi connectivity index (χ4v) is 2.52. The summed E-state index contributed by atoms with van der Waals surface area (Å²) in [4.78, 5) is 14.4. The summed E-state index contributed by atoms with van der Waals surface area (Å²) in [6, 6.07) is 5.77. The molecule has 1 aromatic carbocycles. The van der Waals surface area contributed by atoms with Gasteiger partial charge in [0.1, 0.15) is 0 Å². The number of carbonyl (C=O) groups excluding carboxylic acids is 1. The lowest BCUT2D eigenvalue weighted by molar-refractivity contribution is 0.0652. The van der Waals surface area contributed by atoms with E-state index in [1.165, 1.54) is 0 Å². The van der Waals surface area contributed by atoms with Crippen LogP contribution in [0.25, 0.3) is 0 Å². The molecule has 18 heavy (non-hydrogen) atoms. The zero-order valence-electron chi connectivity index (χ0n) is 11.1. The molecule has 4 heteroatoms. The minimum atomic E-state index is -0.00167. The van der Waals surface area contributed by atoms with Crippen LogP contribution in [0, 0.1) is 6.92 Å². The summed E-state index contributed by atoms with van der Waals surface area (Å²) in [6.07, 6.45) is 0. The van der Waals surface area contributed by atoms with Crippen molar-refractivity contribution in [1.29, 1.82) is 0 Å². The normalized spacial score (nSPS) is 18.8. The maximum absolute atomic E-state index is 12.4. The van der Waals surface area contributed by atoms with Crippen LogP contribution < -0.4 is 5.32 Å². The number of nitrogens with one attached hydrogen (secondary N) is 1. The van der Waals surface area contributed by atoms with Crippen molar-refractivity contribution in [3.8, 4) is 0 Å². The van der Waals surface area contributed by atoms with Crippen molar-refractivity contribution in [2.45, 2.75) is 26.3 Å². The van der Waals surface area contributed by atoms with Crippen molar-refractivity contribution < 1.29 is 4.79 Å². The van der Waals surface area contributed by atoms with Crippen LogP contribution in [0.5, 0.6) is 0 Å². The molecule has 1 saturated heterocycles. The van der Waals surface area contributed by atoms with E-state index in [1.54, 1.807) is 0 Å². The number of piperazine rings is 1. The average Bonchev–Trinajstić information content (AvgIpc) is 2.30. The molecular weight excluding hydrogens is 292 g/mol. The summed E-state index contributed by atoms with van der Waals surface area (Å²) >= 11 is 3.46. The molecule has 1 amide bonds. The monoisotopic (exact) mass is 310 g/mol. The molecule has 98 valence electrons. The third kappa shape index (κ3) is 2.93. The van der Waals surface area contributed by atoms with Gasteiger partial charge in [0.2, 0.25) is 0 Å². The quantitative estimate of drug-likeness (QED) is 0.864. The second-order valence-corrected chi connectivity index (χ2v) is 6.36. The Bertz CT molecular complexity index is 471. The Morgan fingerprint density at radius 2 is 2.17 bits per heavy atom. The zero-order valence-corrected chi connectivity index (χ0v) is 12.7. The summed E-state index contributed by atoms with van der Waals surface area (Å²) in [6.45, 7) is 8.63. The number of hydrogen-bond donors (Lipinski definition) is 1. The number of hydrogen-bond acceptors (Lipinski definition) is 2. The average molecular weight is 311 g/mol. The van der Waals surface area contributed by atoms with Crippen molar-refractivity contribution in [1.82, 2.24) is 10.2 Å². The summed E-state index contributed by atoms with van der Waals surface area (Å²) in [7, 11) is 0. The number of carbonyl (C=O) groups is 1. The molecule has 2 rings (SSSR count). The van der Waals surface area contributed by atoms with E-state index < -0.39 is 0 Å². The van der Waals surface area contributed by atoms with Crippen LogP contribution in [0.1, 0.15) is 29.8 Å². The Kier molecular flexibility index (Phi) is 3.78. The van der Waals surface area contributed by atoms with Crippen LogP contribution in [0.4, 0.5) is 0 Å². The topological polar surface area (TPSA) is 32.3 Å². The molecule has 1 aliphatic rings. The fraction of sp³-hybridized carbons (Fsp3) is 0.500. The van der Waals surface area contributed by atoms with Gasteiger partial charge in [0, 0.05) is 35.2 Å². The second-order valence-electron chi connectivity index (χ2n) is 5.50. The van der Waals surface area contributed by atoms with Crippen LogP contribution >= 0.6 is 15.9 Å². The van der Waals surface area contributed by atoms with Gasteiger partial charge in [0.25, 0.3) is 5.91 Å². The van der Waals surface area contributed by atoms with E-state index >= 15 is 0 Å². The molecular formula is C14H19BrN2O. The predicted octanol–water partition coefficient (Wildman–Crippen LogP) is 2.58.